The summed E-state index contributed by atoms with van der Waals surface area (Å²) in [6.45, 7) is 10.00. The Kier molecular flexibility index (Phi) is 4.78. The molecule has 6 heteroatoms. The molecule has 1 aromatic carbocycles. The van der Waals surface area contributed by atoms with Crippen molar-refractivity contribution in [2.75, 3.05) is 11.9 Å². The number of aryl methyl sites for hydroxylation is 2. The number of amides is 4. The van der Waals surface area contributed by atoms with Crippen molar-refractivity contribution < 1.29 is 14.4 Å². The van der Waals surface area contributed by atoms with Gasteiger partial charge in [-0.25, -0.2) is 4.79 Å². The number of hydrogen-bond donors (Lipinski definition) is 2. The van der Waals surface area contributed by atoms with E-state index in [-0.39, 0.29) is 23.8 Å². The highest BCUT2D eigenvalue weighted by Gasteiger charge is 2.56. The summed E-state index contributed by atoms with van der Waals surface area (Å²) < 4.78 is 0. The molecule has 0 bridgehead atoms. The Labute approximate surface area is 160 Å². The van der Waals surface area contributed by atoms with Gasteiger partial charge in [-0.1, -0.05) is 26.8 Å². The Bertz CT molecular complexity index is 782. The van der Waals surface area contributed by atoms with Gasteiger partial charge in [-0.15, -0.1) is 0 Å². The van der Waals surface area contributed by atoms with Crippen molar-refractivity contribution >= 4 is 23.5 Å². The Morgan fingerprint density at radius 2 is 1.81 bits per heavy atom. The fraction of sp³-hybridized carbons (Fsp3) is 0.571. The predicted octanol–water partition coefficient (Wildman–Crippen LogP) is 3.38. The maximum absolute atomic E-state index is 13.1. The average Bonchev–Trinajstić information content (AvgIpc) is 2.67. The molecule has 0 radical (unpaired) electrons. The van der Waals surface area contributed by atoms with Gasteiger partial charge in [-0.2, -0.15) is 0 Å². The molecule has 0 aromatic heterocycles. The maximum atomic E-state index is 13.1. The minimum atomic E-state index is -0.877. The molecule has 2 aliphatic rings. The molecule has 1 saturated carbocycles. The summed E-state index contributed by atoms with van der Waals surface area (Å²) >= 11 is 0. The number of rotatable bonds is 3. The first-order chi connectivity index (χ1) is 12.5. The van der Waals surface area contributed by atoms with Crippen molar-refractivity contribution in [3.63, 3.8) is 0 Å². The van der Waals surface area contributed by atoms with Crippen molar-refractivity contribution in [3.05, 3.63) is 29.3 Å². The van der Waals surface area contributed by atoms with E-state index in [0.717, 1.165) is 22.4 Å². The van der Waals surface area contributed by atoms with Gasteiger partial charge in [0, 0.05) is 5.69 Å². The highest BCUT2D eigenvalue weighted by molar-refractivity contribution is 6.10. The average molecular weight is 371 g/mol. The van der Waals surface area contributed by atoms with E-state index in [1.165, 1.54) is 0 Å². The van der Waals surface area contributed by atoms with Gasteiger partial charge in [-0.3, -0.25) is 14.5 Å². The molecule has 2 atom stereocenters. The van der Waals surface area contributed by atoms with Crippen molar-refractivity contribution in [2.45, 2.75) is 59.4 Å². The summed E-state index contributed by atoms with van der Waals surface area (Å²) in [5, 5.41) is 5.70. The number of nitrogens with one attached hydrogen (secondary N) is 2. The van der Waals surface area contributed by atoms with E-state index in [4.69, 9.17) is 0 Å². The molecule has 27 heavy (non-hydrogen) atoms. The van der Waals surface area contributed by atoms with Gasteiger partial charge in [0.15, 0.2) is 0 Å². The second kappa shape index (κ2) is 6.66. The molecule has 2 N–H and O–H groups in total. The normalized spacial score (nSPS) is 27.0. The Hall–Kier alpha value is -2.37. The van der Waals surface area contributed by atoms with Crippen LogP contribution in [-0.2, 0) is 9.59 Å². The number of carbonyl (C=O) groups is 3. The van der Waals surface area contributed by atoms with Crippen molar-refractivity contribution in [3.8, 4) is 0 Å². The number of urea groups is 1. The molecule has 1 spiro atoms. The molecule has 1 aromatic rings. The molecule has 1 heterocycles. The lowest BCUT2D eigenvalue weighted by Crippen LogP contribution is -2.54. The lowest BCUT2D eigenvalue weighted by atomic mass is 9.64. The molecule has 0 unspecified atom stereocenters. The van der Waals surface area contributed by atoms with Crippen LogP contribution in [0.1, 0.15) is 51.2 Å². The van der Waals surface area contributed by atoms with E-state index >= 15 is 0 Å². The molecule has 3 rings (SSSR count). The van der Waals surface area contributed by atoms with Crippen molar-refractivity contribution in [1.29, 1.82) is 0 Å². The minimum Gasteiger partial charge on any atom is -0.325 e. The SMILES string of the molecule is Cc1cc(C)cc(NC(=O)CN2C(=O)N[C@]3(C[C@H](C)CC(C)(C)C3)C2=O)c1. The molecule has 1 aliphatic heterocycles. The van der Waals surface area contributed by atoms with Crippen LogP contribution in [0.15, 0.2) is 18.2 Å². The Morgan fingerprint density at radius 3 is 2.41 bits per heavy atom. The van der Waals surface area contributed by atoms with Crippen LogP contribution in [0.2, 0.25) is 0 Å². The zero-order valence-corrected chi connectivity index (χ0v) is 16.8. The third-order valence-corrected chi connectivity index (χ3v) is 5.43. The topological polar surface area (TPSA) is 78.5 Å². The number of nitrogens with zero attached hydrogens (tertiary/aromatic N) is 1. The molecule has 1 saturated heterocycles. The lowest BCUT2D eigenvalue weighted by molar-refractivity contribution is -0.136. The van der Waals surface area contributed by atoms with Gasteiger partial charge in [0.05, 0.1) is 0 Å². The first kappa shape index (κ1) is 19.4. The van der Waals surface area contributed by atoms with E-state index in [0.29, 0.717) is 24.4 Å². The summed E-state index contributed by atoms with van der Waals surface area (Å²) in [6, 6.07) is 5.27. The summed E-state index contributed by atoms with van der Waals surface area (Å²) in [4.78, 5) is 39.1. The second-order valence-corrected chi connectivity index (χ2v) is 9.18. The standard InChI is InChI=1S/C21H29N3O3/c1-13-6-14(2)8-16(7-13)22-17(25)11-24-18(26)21(23-19(24)27)10-15(3)9-20(4,5)12-21/h6-8,15H,9-12H2,1-5H3,(H,22,25)(H,23,27)/t15-,21+/m1/s1. The largest absolute Gasteiger partial charge is 0.325 e. The smallest absolute Gasteiger partial charge is 0.325 e. The fourth-order valence-electron chi connectivity index (χ4n) is 5.04. The highest BCUT2D eigenvalue weighted by atomic mass is 16.2. The van der Waals surface area contributed by atoms with E-state index in [1.807, 2.05) is 32.0 Å². The second-order valence-electron chi connectivity index (χ2n) is 9.18. The van der Waals surface area contributed by atoms with Crippen LogP contribution in [0.5, 0.6) is 0 Å². The van der Waals surface area contributed by atoms with E-state index < -0.39 is 11.6 Å². The summed E-state index contributed by atoms with van der Waals surface area (Å²) in [5.74, 6) is -0.312. The number of carbonyl (C=O) groups excluding carboxylic acids is 3. The monoisotopic (exact) mass is 371 g/mol. The van der Waals surface area contributed by atoms with Crippen LogP contribution < -0.4 is 10.6 Å². The molecular formula is C21H29N3O3. The van der Waals surface area contributed by atoms with Gasteiger partial charge in [0.25, 0.3) is 5.91 Å². The molecule has 1 aliphatic carbocycles. The number of benzene rings is 1. The van der Waals surface area contributed by atoms with Gasteiger partial charge >= 0.3 is 6.03 Å². The predicted molar refractivity (Wildman–Crippen MR) is 104 cm³/mol. The van der Waals surface area contributed by atoms with E-state index in [1.54, 1.807) is 0 Å². The number of hydrogen-bond acceptors (Lipinski definition) is 3. The van der Waals surface area contributed by atoms with Crippen LogP contribution in [0.4, 0.5) is 10.5 Å². The van der Waals surface area contributed by atoms with Crippen molar-refractivity contribution in [2.24, 2.45) is 11.3 Å². The molecule has 4 amide bonds. The Morgan fingerprint density at radius 1 is 1.19 bits per heavy atom. The zero-order valence-electron chi connectivity index (χ0n) is 16.8. The van der Waals surface area contributed by atoms with Crippen molar-refractivity contribution in [1.82, 2.24) is 10.2 Å². The summed E-state index contributed by atoms with van der Waals surface area (Å²) in [6.07, 6.45) is 2.24. The summed E-state index contributed by atoms with van der Waals surface area (Å²) in [7, 11) is 0. The lowest BCUT2D eigenvalue weighted by Gasteiger charge is -2.43. The first-order valence-electron chi connectivity index (χ1n) is 9.52. The quantitative estimate of drug-likeness (QED) is 0.800. The van der Waals surface area contributed by atoms with Gasteiger partial charge in [0.1, 0.15) is 12.1 Å². The van der Waals surface area contributed by atoms with Gasteiger partial charge in [-0.05, 0) is 67.7 Å². The summed E-state index contributed by atoms with van der Waals surface area (Å²) in [5.41, 5.74) is 1.85. The molecule has 146 valence electrons. The third-order valence-electron chi connectivity index (χ3n) is 5.43. The van der Waals surface area contributed by atoms with Crippen LogP contribution >= 0.6 is 0 Å². The first-order valence-corrected chi connectivity index (χ1v) is 9.52. The van der Waals surface area contributed by atoms with Crippen LogP contribution in [0, 0.1) is 25.2 Å². The van der Waals surface area contributed by atoms with Crippen LogP contribution in [-0.4, -0.2) is 34.8 Å². The molecule has 6 nitrogen and oxygen atoms in total. The molecule has 2 fully saturated rings. The van der Waals surface area contributed by atoms with Crippen LogP contribution in [0.3, 0.4) is 0 Å². The number of anilines is 1. The number of imide groups is 1. The maximum Gasteiger partial charge on any atom is 0.325 e. The van der Waals surface area contributed by atoms with Gasteiger partial charge < -0.3 is 10.6 Å². The van der Waals surface area contributed by atoms with E-state index in [9.17, 15) is 14.4 Å². The third kappa shape index (κ3) is 3.99. The fourth-order valence-corrected chi connectivity index (χ4v) is 5.04. The zero-order chi connectivity index (χ0) is 20.0. The van der Waals surface area contributed by atoms with Crippen LogP contribution in [0.25, 0.3) is 0 Å². The van der Waals surface area contributed by atoms with E-state index in [2.05, 4.69) is 31.4 Å². The Balaban J connectivity index is 1.73. The van der Waals surface area contributed by atoms with Gasteiger partial charge in [0.2, 0.25) is 5.91 Å². The minimum absolute atomic E-state index is 0.0298. The highest BCUT2D eigenvalue weighted by Crippen LogP contribution is 2.46. The molecular weight excluding hydrogens is 342 g/mol.